The van der Waals surface area contributed by atoms with Gasteiger partial charge in [0.15, 0.2) is 14.6 Å². The fourth-order valence-electron chi connectivity index (χ4n) is 4.47. The van der Waals surface area contributed by atoms with Gasteiger partial charge in [-0.1, -0.05) is 24.0 Å². The molecule has 2 aliphatic heterocycles. The number of aliphatic hydroxyl groups is 1. The van der Waals surface area contributed by atoms with Gasteiger partial charge in [0.25, 0.3) is 5.91 Å². The van der Waals surface area contributed by atoms with Crippen LogP contribution in [0.4, 0.5) is 4.79 Å². The van der Waals surface area contributed by atoms with E-state index in [1.807, 2.05) is 24.3 Å². The smallest absolute Gasteiger partial charge is 0.328 e. The van der Waals surface area contributed by atoms with E-state index in [2.05, 4.69) is 16.7 Å². The predicted octanol–water partition coefficient (Wildman–Crippen LogP) is 0.736. The summed E-state index contributed by atoms with van der Waals surface area (Å²) in [4.78, 5) is 28.5. The third-order valence-electron chi connectivity index (χ3n) is 7.17. The highest BCUT2D eigenvalue weighted by Crippen LogP contribution is 2.25. The summed E-state index contributed by atoms with van der Waals surface area (Å²) in [6.07, 6.45) is 1.79. The molecule has 3 N–H and O–H groups in total. The minimum Gasteiger partial charge on any atom is -0.387 e. The van der Waals surface area contributed by atoms with Gasteiger partial charge in [-0.15, -0.1) is 0 Å². The Labute approximate surface area is 221 Å². The van der Waals surface area contributed by atoms with Crippen LogP contribution in [-0.4, -0.2) is 95.4 Å². The Morgan fingerprint density at radius 1 is 1.18 bits per heavy atom. The standard InChI is InChI=1S/C26H32N4O7S/c1-26(24(32)27-34,38(2,35)36)9-10-29-17-22-15-20(16-30(22)25(29)33)4-3-19-5-7-21(8-6-19)23(31)18-28-11-13-37-14-12-28/h5-8,15-16,23,31,34H,9-14,17-18H2,1-2H3,(H,27,32)/t23-,26+/m0/s1. The number of ether oxygens (including phenoxy) is 1. The van der Waals surface area contributed by atoms with E-state index >= 15 is 0 Å². The van der Waals surface area contributed by atoms with Crippen molar-refractivity contribution in [2.45, 2.75) is 30.7 Å². The number of hydrogen-bond acceptors (Lipinski definition) is 8. The number of morpholine rings is 1. The molecule has 1 aromatic carbocycles. The van der Waals surface area contributed by atoms with E-state index in [-0.39, 0.29) is 25.5 Å². The zero-order valence-electron chi connectivity index (χ0n) is 21.4. The Morgan fingerprint density at radius 2 is 1.84 bits per heavy atom. The molecule has 0 spiro atoms. The van der Waals surface area contributed by atoms with Crippen molar-refractivity contribution in [1.82, 2.24) is 19.8 Å². The van der Waals surface area contributed by atoms with Gasteiger partial charge in [-0.3, -0.25) is 19.5 Å². The van der Waals surface area contributed by atoms with Gasteiger partial charge in [0.05, 0.1) is 25.9 Å². The lowest BCUT2D eigenvalue weighted by molar-refractivity contribution is -0.131. The molecule has 1 saturated heterocycles. The Bertz CT molecular complexity index is 1350. The van der Waals surface area contributed by atoms with E-state index in [1.54, 1.807) is 12.3 Å². The molecular formula is C26H32N4O7S. The van der Waals surface area contributed by atoms with E-state index in [9.17, 15) is 23.1 Å². The summed E-state index contributed by atoms with van der Waals surface area (Å²) in [5.74, 6) is 5.09. The van der Waals surface area contributed by atoms with Gasteiger partial charge in [0.2, 0.25) is 0 Å². The highest BCUT2D eigenvalue weighted by Gasteiger charge is 2.44. The average molecular weight is 545 g/mol. The number of rotatable bonds is 8. The first-order chi connectivity index (χ1) is 18.0. The Morgan fingerprint density at radius 3 is 2.45 bits per heavy atom. The normalized spacial score (nSPS) is 18.3. The molecule has 0 saturated carbocycles. The molecule has 38 heavy (non-hydrogen) atoms. The topological polar surface area (TPSA) is 141 Å². The number of β-amino-alcohol motifs (C(OH)–C–C–N with tert-alkyl or cyclic N) is 1. The second-order valence-corrected chi connectivity index (χ2v) is 12.2. The van der Waals surface area contributed by atoms with Crippen molar-refractivity contribution >= 4 is 21.8 Å². The molecule has 12 heteroatoms. The lowest BCUT2D eigenvalue weighted by Gasteiger charge is -2.28. The summed E-state index contributed by atoms with van der Waals surface area (Å²) >= 11 is 0. The minimum atomic E-state index is -3.85. The molecule has 4 rings (SSSR count). The number of fused-ring (bicyclic) bond motifs is 1. The number of benzene rings is 1. The molecule has 2 aromatic rings. The summed E-state index contributed by atoms with van der Waals surface area (Å²) in [5.41, 5.74) is 4.36. The summed E-state index contributed by atoms with van der Waals surface area (Å²) < 4.78 is 29.2. The van der Waals surface area contributed by atoms with Crippen LogP contribution >= 0.6 is 0 Å². The van der Waals surface area contributed by atoms with Crippen LogP contribution in [0.5, 0.6) is 0 Å². The molecule has 204 valence electrons. The third-order valence-corrected chi connectivity index (χ3v) is 9.20. The van der Waals surface area contributed by atoms with E-state index in [1.165, 1.54) is 21.9 Å². The highest BCUT2D eigenvalue weighted by atomic mass is 32.2. The fraction of sp³-hybridized carbons (Fsp3) is 0.462. The van der Waals surface area contributed by atoms with Gasteiger partial charge in [0, 0.05) is 55.5 Å². The molecule has 0 aliphatic carbocycles. The largest absolute Gasteiger partial charge is 0.387 e. The number of sulfone groups is 1. The van der Waals surface area contributed by atoms with Gasteiger partial charge in [-0.25, -0.2) is 18.7 Å². The number of carbonyl (C=O) groups excluding carboxylic acids is 2. The van der Waals surface area contributed by atoms with Crippen LogP contribution in [0.1, 0.15) is 41.8 Å². The number of nitrogens with one attached hydrogen (secondary N) is 1. The monoisotopic (exact) mass is 544 g/mol. The molecule has 3 heterocycles. The molecule has 0 unspecified atom stereocenters. The lowest BCUT2D eigenvalue weighted by atomic mass is 10.1. The summed E-state index contributed by atoms with van der Waals surface area (Å²) in [6, 6.07) is 8.87. The number of aliphatic hydroxyl groups excluding tert-OH is 1. The SMILES string of the molecule is C[C@@](CCN1Cc2cc(C#Cc3ccc([C@@H](O)CN4CCOCC4)cc3)cn2C1=O)(C(=O)NO)S(C)(=O)=O. The summed E-state index contributed by atoms with van der Waals surface area (Å²) in [6.45, 7) is 5.02. The van der Waals surface area contributed by atoms with Crippen molar-refractivity contribution in [3.8, 4) is 11.8 Å². The molecule has 11 nitrogen and oxygen atoms in total. The fourth-order valence-corrected chi connectivity index (χ4v) is 5.31. The predicted molar refractivity (Wildman–Crippen MR) is 138 cm³/mol. The Balaban J connectivity index is 1.36. The maximum Gasteiger partial charge on any atom is 0.328 e. The molecule has 1 fully saturated rings. The van der Waals surface area contributed by atoms with Gasteiger partial charge >= 0.3 is 6.03 Å². The number of hydroxylamine groups is 1. The number of carbonyl (C=O) groups is 2. The first kappa shape index (κ1) is 27.8. The minimum absolute atomic E-state index is 0.0161. The highest BCUT2D eigenvalue weighted by molar-refractivity contribution is 7.92. The van der Waals surface area contributed by atoms with E-state index in [0.29, 0.717) is 31.0 Å². The number of nitrogens with zero attached hydrogens (tertiary/aromatic N) is 3. The van der Waals surface area contributed by atoms with Gasteiger partial charge in [0.1, 0.15) is 0 Å². The molecule has 2 amide bonds. The first-order valence-corrected chi connectivity index (χ1v) is 14.2. The Hall–Kier alpha value is -3.21. The van der Waals surface area contributed by atoms with Crippen LogP contribution in [0.3, 0.4) is 0 Å². The quantitative estimate of drug-likeness (QED) is 0.251. The lowest BCUT2D eigenvalue weighted by Crippen LogP contribution is -2.50. The van der Waals surface area contributed by atoms with Crippen LogP contribution in [0.25, 0.3) is 0 Å². The molecule has 1 aromatic heterocycles. The summed E-state index contributed by atoms with van der Waals surface area (Å²) in [5, 5.41) is 19.5. The second kappa shape index (κ2) is 11.3. The second-order valence-electron chi connectivity index (χ2n) is 9.79. The van der Waals surface area contributed by atoms with Crippen LogP contribution in [0.15, 0.2) is 36.5 Å². The van der Waals surface area contributed by atoms with E-state index in [4.69, 9.17) is 9.94 Å². The molecule has 0 radical (unpaired) electrons. The average Bonchev–Trinajstić information content (AvgIpc) is 3.43. The van der Waals surface area contributed by atoms with Crippen LogP contribution in [-0.2, 0) is 25.9 Å². The molecule has 2 atom stereocenters. The van der Waals surface area contributed by atoms with E-state index in [0.717, 1.165) is 30.5 Å². The van der Waals surface area contributed by atoms with E-state index < -0.39 is 26.6 Å². The van der Waals surface area contributed by atoms with Crippen molar-refractivity contribution < 1.29 is 33.1 Å². The van der Waals surface area contributed by atoms with Gasteiger partial charge in [-0.2, -0.15) is 0 Å². The molecule has 0 bridgehead atoms. The van der Waals surface area contributed by atoms with Crippen molar-refractivity contribution in [3.63, 3.8) is 0 Å². The van der Waals surface area contributed by atoms with Crippen molar-refractivity contribution in [2.75, 3.05) is 45.6 Å². The molecule has 2 aliphatic rings. The van der Waals surface area contributed by atoms with Crippen molar-refractivity contribution in [2.24, 2.45) is 0 Å². The maximum atomic E-state index is 12.8. The Kier molecular flexibility index (Phi) is 8.25. The van der Waals surface area contributed by atoms with Crippen LogP contribution in [0.2, 0.25) is 0 Å². The first-order valence-electron chi connectivity index (χ1n) is 12.3. The zero-order chi connectivity index (χ0) is 27.5. The number of amides is 2. The van der Waals surface area contributed by atoms with Gasteiger partial charge < -0.3 is 14.7 Å². The van der Waals surface area contributed by atoms with Gasteiger partial charge in [-0.05, 0) is 37.1 Å². The van der Waals surface area contributed by atoms with Crippen molar-refractivity contribution in [3.05, 3.63) is 58.9 Å². The number of aromatic nitrogens is 1. The number of hydrogen-bond donors (Lipinski definition) is 3. The maximum absolute atomic E-state index is 12.8. The molecular weight excluding hydrogens is 512 g/mol. The summed E-state index contributed by atoms with van der Waals surface area (Å²) in [7, 11) is -3.85. The third kappa shape index (κ3) is 5.92. The zero-order valence-corrected chi connectivity index (χ0v) is 22.2. The van der Waals surface area contributed by atoms with Crippen molar-refractivity contribution in [1.29, 1.82) is 0 Å². The van der Waals surface area contributed by atoms with Crippen LogP contribution < -0.4 is 5.48 Å². The van der Waals surface area contributed by atoms with Crippen LogP contribution in [0, 0.1) is 11.8 Å².